The third kappa shape index (κ3) is 29.4. The molecule has 0 aromatic carbocycles. The first kappa shape index (κ1) is 30.4. The normalized spacial score (nSPS) is 11.9. The first-order chi connectivity index (χ1) is 15.4. The van der Waals surface area contributed by atoms with Gasteiger partial charge in [-0.1, -0.05) is 115 Å². The molecule has 1 heteroatoms. The highest BCUT2D eigenvalue weighted by atomic mass is 14.8. The van der Waals surface area contributed by atoms with Crippen LogP contribution in [0.5, 0.6) is 0 Å². The summed E-state index contributed by atoms with van der Waals surface area (Å²) in [5, 5.41) is 3.65. The molecule has 0 aliphatic carbocycles. The highest BCUT2D eigenvalue weighted by Gasteiger charge is 1.94. The molecule has 0 aliphatic heterocycles. The lowest BCUT2D eigenvalue weighted by atomic mass is 10.1. The molecule has 0 amide bonds. The second-order valence-electron chi connectivity index (χ2n) is 9.50. The molecule has 0 aliphatic rings. The average molecular weight is 434 g/mol. The summed E-state index contributed by atoms with van der Waals surface area (Å²) >= 11 is 0. The molecule has 0 unspecified atom stereocenters. The summed E-state index contributed by atoms with van der Waals surface area (Å²) in [7, 11) is 0. The molecule has 0 atom stereocenters. The molecule has 0 saturated carbocycles. The minimum absolute atomic E-state index is 1.23. The second-order valence-corrected chi connectivity index (χ2v) is 9.50. The molecular formula is C30H59N. The summed E-state index contributed by atoms with van der Waals surface area (Å²) in [4.78, 5) is 0. The van der Waals surface area contributed by atoms with Crippen molar-refractivity contribution in [1.82, 2.24) is 5.32 Å². The van der Waals surface area contributed by atoms with Gasteiger partial charge in [0.1, 0.15) is 0 Å². The Morgan fingerprint density at radius 1 is 0.355 bits per heavy atom. The molecule has 0 aromatic heterocycles. The van der Waals surface area contributed by atoms with Crippen LogP contribution in [0.4, 0.5) is 0 Å². The Morgan fingerprint density at radius 3 is 1.00 bits per heavy atom. The van der Waals surface area contributed by atoms with Gasteiger partial charge in [0.15, 0.2) is 0 Å². The molecular weight excluding hydrogens is 374 g/mol. The number of hydrogen-bond acceptors (Lipinski definition) is 1. The van der Waals surface area contributed by atoms with Crippen molar-refractivity contribution >= 4 is 0 Å². The molecule has 0 aromatic rings. The van der Waals surface area contributed by atoms with E-state index in [2.05, 4.69) is 43.5 Å². The van der Waals surface area contributed by atoms with E-state index in [9.17, 15) is 0 Å². The van der Waals surface area contributed by atoms with Crippen molar-refractivity contribution in [1.29, 1.82) is 0 Å². The van der Waals surface area contributed by atoms with Gasteiger partial charge in [-0.05, 0) is 77.3 Å². The van der Waals surface area contributed by atoms with Gasteiger partial charge in [0.2, 0.25) is 0 Å². The summed E-state index contributed by atoms with van der Waals surface area (Å²) in [6.07, 6.45) is 39.8. The zero-order chi connectivity index (χ0) is 22.5. The Hall–Kier alpha value is -0.560. The van der Waals surface area contributed by atoms with Crippen LogP contribution < -0.4 is 5.32 Å². The highest BCUT2D eigenvalue weighted by Crippen LogP contribution is 2.09. The second kappa shape index (κ2) is 29.4. The quantitative estimate of drug-likeness (QED) is 0.106. The zero-order valence-corrected chi connectivity index (χ0v) is 21.8. The van der Waals surface area contributed by atoms with Crippen molar-refractivity contribution < 1.29 is 0 Å². The Kier molecular flexibility index (Phi) is 28.9. The maximum atomic E-state index is 3.65. The fourth-order valence-corrected chi connectivity index (χ4v) is 4.06. The van der Waals surface area contributed by atoms with Crippen LogP contribution in [0.15, 0.2) is 24.3 Å². The molecule has 184 valence electrons. The zero-order valence-electron chi connectivity index (χ0n) is 21.8. The minimum Gasteiger partial charge on any atom is -0.317 e. The topological polar surface area (TPSA) is 12.0 Å². The maximum Gasteiger partial charge on any atom is -0.00489 e. The standard InChI is InChI=1S/C30H59N/c1-3-5-7-9-11-13-15-17-19-21-23-25-27-29-31-30-28-26-24-22-20-18-16-14-12-10-8-6-4-2/h11-14,31H,3-10,15-30H2,1-2H3/b13-11-,14-12-. The van der Waals surface area contributed by atoms with E-state index in [0.717, 1.165) is 0 Å². The van der Waals surface area contributed by atoms with Gasteiger partial charge in [0.05, 0.1) is 0 Å². The van der Waals surface area contributed by atoms with Gasteiger partial charge in [-0.15, -0.1) is 0 Å². The monoisotopic (exact) mass is 433 g/mol. The van der Waals surface area contributed by atoms with E-state index < -0.39 is 0 Å². The van der Waals surface area contributed by atoms with Crippen LogP contribution in [0.3, 0.4) is 0 Å². The number of allylic oxidation sites excluding steroid dienone is 4. The van der Waals surface area contributed by atoms with Crippen molar-refractivity contribution in [2.24, 2.45) is 0 Å². The minimum atomic E-state index is 1.23. The van der Waals surface area contributed by atoms with Gasteiger partial charge in [0.25, 0.3) is 0 Å². The highest BCUT2D eigenvalue weighted by molar-refractivity contribution is 4.81. The van der Waals surface area contributed by atoms with Crippen molar-refractivity contribution in [3.63, 3.8) is 0 Å². The van der Waals surface area contributed by atoms with E-state index in [-0.39, 0.29) is 0 Å². The third-order valence-corrected chi connectivity index (χ3v) is 6.23. The van der Waals surface area contributed by atoms with Gasteiger partial charge in [0, 0.05) is 0 Å². The molecule has 1 nitrogen and oxygen atoms in total. The van der Waals surface area contributed by atoms with Crippen LogP contribution in [0.1, 0.15) is 155 Å². The van der Waals surface area contributed by atoms with Gasteiger partial charge in [-0.3, -0.25) is 0 Å². The van der Waals surface area contributed by atoms with Crippen LogP contribution in [-0.2, 0) is 0 Å². The van der Waals surface area contributed by atoms with E-state index >= 15 is 0 Å². The third-order valence-electron chi connectivity index (χ3n) is 6.23. The maximum absolute atomic E-state index is 3.65. The largest absolute Gasteiger partial charge is 0.317 e. The molecule has 0 saturated heterocycles. The lowest BCUT2D eigenvalue weighted by molar-refractivity contribution is 0.539. The molecule has 0 spiro atoms. The fraction of sp³-hybridized carbons (Fsp3) is 0.867. The van der Waals surface area contributed by atoms with Gasteiger partial charge in [-0.25, -0.2) is 0 Å². The van der Waals surface area contributed by atoms with Crippen LogP contribution >= 0.6 is 0 Å². The predicted octanol–water partition coefficient (Wildman–Crippen LogP) is 10.3. The van der Waals surface area contributed by atoms with Crippen LogP contribution in [0.25, 0.3) is 0 Å². The Labute approximate surface area is 197 Å². The van der Waals surface area contributed by atoms with E-state index in [0.29, 0.717) is 0 Å². The van der Waals surface area contributed by atoms with E-state index in [1.165, 1.54) is 154 Å². The van der Waals surface area contributed by atoms with E-state index in [4.69, 9.17) is 0 Å². The number of hydrogen-bond donors (Lipinski definition) is 1. The lowest BCUT2D eigenvalue weighted by Gasteiger charge is -2.05. The van der Waals surface area contributed by atoms with Crippen molar-refractivity contribution in [3.8, 4) is 0 Å². The average Bonchev–Trinajstić information content (AvgIpc) is 2.78. The number of nitrogens with one attached hydrogen (secondary N) is 1. The molecule has 0 fully saturated rings. The van der Waals surface area contributed by atoms with E-state index in [1.807, 2.05) is 0 Å². The summed E-state index contributed by atoms with van der Waals surface area (Å²) in [5.74, 6) is 0. The molecule has 0 bridgehead atoms. The molecule has 0 heterocycles. The number of unbranched alkanes of at least 4 members (excludes halogenated alkanes) is 18. The first-order valence-electron chi connectivity index (χ1n) is 14.4. The smallest absolute Gasteiger partial charge is 0.00489 e. The molecule has 31 heavy (non-hydrogen) atoms. The predicted molar refractivity (Wildman–Crippen MR) is 144 cm³/mol. The summed E-state index contributed by atoms with van der Waals surface area (Å²) in [6.45, 7) is 7.01. The first-order valence-corrected chi connectivity index (χ1v) is 14.4. The van der Waals surface area contributed by atoms with Crippen LogP contribution in [0, 0.1) is 0 Å². The Balaban J connectivity index is 3.06. The Morgan fingerprint density at radius 2 is 0.645 bits per heavy atom. The summed E-state index contributed by atoms with van der Waals surface area (Å²) in [5.41, 5.74) is 0. The molecule has 1 N–H and O–H groups in total. The lowest BCUT2D eigenvalue weighted by Crippen LogP contribution is -2.16. The summed E-state index contributed by atoms with van der Waals surface area (Å²) < 4.78 is 0. The van der Waals surface area contributed by atoms with Crippen molar-refractivity contribution in [3.05, 3.63) is 24.3 Å². The SMILES string of the molecule is CCCCC/C=C\CCCCCCCCNCCCCCCCC/C=C\CCCCC. The van der Waals surface area contributed by atoms with Crippen LogP contribution in [-0.4, -0.2) is 13.1 Å². The van der Waals surface area contributed by atoms with Crippen molar-refractivity contribution in [2.75, 3.05) is 13.1 Å². The van der Waals surface area contributed by atoms with E-state index in [1.54, 1.807) is 0 Å². The molecule has 0 radical (unpaired) electrons. The van der Waals surface area contributed by atoms with Crippen LogP contribution in [0.2, 0.25) is 0 Å². The number of rotatable bonds is 26. The van der Waals surface area contributed by atoms with Gasteiger partial charge < -0.3 is 5.32 Å². The van der Waals surface area contributed by atoms with Gasteiger partial charge >= 0.3 is 0 Å². The summed E-state index contributed by atoms with van der Waals surface area (Å²) in [6, 6.07) is 0. The fourth-order valence-electron chi connectivity index (χ4n) is 4.06. The van der Waals surface area contributed by atoms with Crippen molar-refractivity contribution in [2.45, 2.75) is 155 Å². The Bertz CT molecular complexity index is 323. The molecule has 0 rings (SSSR count). The van der Waals surface area contributed by atoms with Gasteiger partial charge in [-0.2, -0.15) is 0 Å².